The average Bonchev–Trinajstić information content (AvgIpc) is 2.51. The van der Waals surface area contributed by atoms with Crippen LogP contribution in [0.2, 0.25) is 0 Å². The van der Waals surface area contributed by atoms with Crippen LogP contribution in [0.5, 0.6) is 5.75 Å². The summed E-state index contributed by atoms with van der Waals surface area (Å²) in [6, 6.07) is 5.84. The average molecular weight is 248 g/mol. The van der Waals surface area contributed by atoms with Crippen LogP contribution in [0.3, 0.4) is 0 Å². The Bertz CT molecular complexity index is 432. The molecule has 1 N–H and O–H groups in total. The normalized spacial score (nSPS) is 15.2. The summed E-state index contributed by atoms with van der Waals surface area (Å²) in [5, 5.41) is 3.03. The molecule has 4 nitrogen and oxygen atoms in total. The smallest absolute Gasteiger partial charge is 0.254 e. The van der Waals surface area contributed by atoms with Crippen molar-refractivity contribution in [2.75, 3.05) is 33.8 Å². The Kier molecular flexibility index (Phi) is 4.20. The zero-order valence-corrected chi connectivity index (χ0v) is 11.0. The summed E-state index contributed by atoms with van der Waals surface area (Å²) in [6.07, 6.45) is 1.98. The fourth-order valence-electron chi connectivity index (χ4n) is 2.15. The van der Waals surface area contributed by atoms with Crippen molar-refractivity contribution in [2.45, 2.75) is 12.8 Å². The van der Waals surface area contributed by atoms with Crippen molar-refractivity contribution in [2.24, 2.45) is 0 Å². The summed E-state index contributed by atoms with van der Waals surface area (Å²) < 4.78 is 5.60. The lowest BCUT2D eigenvalue weighted by molar-refractivity contribution is 0.0799. The van der Waals surface area contributed by atoms with Crippen molar-refractivity contribution in [3.05, 3.63) is 29.3 Å². The first-order valence-electron chi connectivity index (χ1n) is 6.38. The minimum absolute atomic E-state index is 0.0987. The number of likely N-dealkylation sites (N-methyl/N-ethyl adjacent to an activating group) is 1. The molecular formula is C14H20N2O2. The highest BCUT2D eigenvalue weighted by molar-refractivity contribution is 5.96. The molecule has 0 atom stereocenters. The number of hydrogen-bond acceptors (Lipinski definition) is 3. The van der Waals surface area contributed by atoms with Gasteiger partial charge in [-0.25, -0.2) is 0 Å². The highest BCUT2D eigenvalue weighted by Gasteiger charge is 2.19. The molecule has 18 heavy (non-hydrogen) atoms. The summed E-state index contributed by atoms with van der Waals surface area (Å²) in [5.74, 6) is 0.870. The molecule has 98 valence electrons. The lowest BCUT2D eigenvalue weighted by Gasteiger charge is -2.15. The van der Waals surface area contributed by atoms with Gasteiger partial charge in [-0.3, -0.25) is 4.79 Å². The predicted molar refractivity (Wildman–Crippen MR) is 71.1 cm³/mol. The van der Waals surface area contributed by atoms with Crippen LogP contribution < -0.4 is 10.1 Å². The number of carbonyl (C=O) groups is 1. The summed E-state index contributed by atoms with van der Waals surface area (Å²) in [7, 11) is 3.74. The minimum atomic E-state index is 0.0987. The maximum absolute atomic E-state index is 12.2. The molecule has 1 heterocycles. The highest BCUT2D eigenvalue weighted by atomic mass is 16.5. The molecule has 0 bridgehead atoms. The van der Waals surface area contributed by atoms with Gasteiger partial charge in [0.2, 0.25) is 0 Å². The second-order valence-corrected chi connectivity index (χ2v) is 4.60. The van der Waals surface area contributed by atoms with E-state index in [1.165, 1.54) is 0 Å². The van der Waals surface area contributed by atoms with Gasteiger partial charge >= 0.3 is 0 Å². The number of hydrogen-bond donors (Lipinski definition) is 1. The van der Waals surface area contributed by atoms with Crippen LogP contribution in [0.1, 0.15) is 22.3 Å². The lowest BCUT2D eigenvalue weighted by Crippen LogP contribution is -2.26. The van der Waals surface area contributed by atoms with Gasteiger partial charge < -0.3 is 15.0 Å². The van der Waals surface area contributed by atoms with Gasteiger partial charge in [0.15, 0.2) is 0 Å². The monoisotopic (exact) mass is 248 g/mol. The third kappa shape index (κ3) is 2.82. The molecule has 0 fully saturated rings. The van der Waals surface area contributed by atoms with Crippen molar-refractivity contribution in [1.82, 2.24) is 10.2 Å². The fourth-order valence-corrected chi connectivity index (χ4v) is 2.15. The molecule has 0 unspecified atom stereocenters. The number of rotatable bonds is 4. The zero-order valence-electron chi connectivity index (χ0n) is 11.0. The van der Waals surface area contributed by atoms with Gasteiger partial charge in [-0.1, -0.05) is 6.07 Å². The van der Waals surface area contributed by atoms with E-state index in [2.05, 4.69) is 5.32 Å². The molecule has 0 aromatic heterocycles. The Balaban J connectivity index is 2.18. The van der Waals surface area contributed by atoms with Crippen molar-refractivity contribution in [1.29, 1.82) is 0 Å². The van der Waals surface area contributed by atoms with E-state index < -0.39 is 0 Å². The Morgan fingerprint density at radius 3 is 3.06 bits per heavy atom. The van der Waals surface area contributed by atoms with Crippen molar-refractivity contribution < 1.29 is 9.53 Å². The van der Waals surface area contributed by atoms with Crippen LogP contribution in [0.4, 0.5) is 0 Å². The van der Waals surface area contributed by atoms with Crippen molar-refractivity contribution >= 4 is 5.91 Å². The highest BCUT2D eigenvalue weighted by Crippen LogP contribution is 2.23. The summed E-state index contributed by atoms with van der Waals surface area (Å²) in [5.41, 5.74) is 1.92. The second kappa shape index (κ2) is 5.87. The third-order valence-electron chi connectivity index (χ3n) is 3.22. The number of ether oxygens (including phenoxy) is 1. The van der Waals surface area contributed by atoms with Gasteiger partial charge in [0.05, 0.1) is 0 Å². The number of fused-ring (bicyclic) bond motifs is 1. The summed E-state index contributed by atoms with van der Waals surface area (Å²) in [6.45, 7) is 2.23. The van der Waals surface area contributed by atoms with E-state index >= 15 is 0 Å². The van der Waals surface area contributed by atoms with E-state index in [0.29, 0.717) is 6.61 Å². The SMILES string of the molecule is CNCCOc1ccc2c(c1)C(=O)N(C)CCC2. The third-order valence-corrected chi connectivity index (χ3v) is 3.22. The Morgan fingerprint density at radius 2 is 2.28 bits per heavy atom. The number of aryl methyl sites for hydroxylation is 1. The molecule has 4 heteroatoms. The minimum Gasteiger partial charge on any atom is -0.492 e. The Labute approximate surface area is 108 Å². The van der Waals surface area contributed by atoms with Crippen LogP contribution in [0.25, 0.3) is 0 Å². The van der Waals surface area contributed by atoms with Crippen molar-refractivity contribution in [3.63, 3.8) is 0 Å². The quantitative estimate of drug-likeness (QED) is 0.817. The topological polar surface area (TPSA) is 41.6 Å². The standard InChI is InChI=1S/C14H20N2O2/c1-15-7-9-18-12-6-5-11-4-3-8-16(2)14(17)13(11)10-12/h5-6,10,15H,3-4,7-9H2,1-2H3. The second-order valence-electron chi connectivity index (χ2n) is 4.60. The molecule has 1 amide bonds. The molecule has 0 radical (unpaired) electrons. The van der Waals surface area contributed by atoms with Gasteiger partial charge in [0.1, 0.15) is 12.4 Å². The van der Waals surface area contributed by atoms with E-state index in [4.69, 9.17) is 4.74 Å². The van der Waals surface area contributed by atoms with E-state index in [-0.39, 0.29) is 5.91 Å². The summed E-state index contributed by atoms with van der Waals surface area (Å²) in [4.78, 5) is 14.0. The Morgan fingerprint density at radius 1 is 1.44 bits per heavy atom. The van der Waals surface area contributed by atoms with Gasteiger partial charge in [-0.2, -0.15) is 0 Å². The number of benzene rings is 1. The van der Waals surface area contributed by atoms with Gasteiger partial charge in [0, 0.05) is 25.7 Å². The van der Waals surface area contributed by atoms with Crippen LogP contribution in [-0.2, 0) is 6.42 Å². The first-order chi connectivity index (χ1) is 8.72. The molecule has 0 saturated heterocycles. The lowest BCUT2D eigenvalue weighted by atomic mass is 10.0. The molecule has 1 aliphatic rings. The molecule has 2 rings (SSSR count). The number of carbonyl (C=O) groups excluding carboxylic acids is 1. The van der Waals surface area contributed by atoms with E-state index in [1.807, 2.05) is 32.3 Å². The molecular weight excluding hydrogens is 228 g/mol. The molecule has 1 aromatic carbocycles. The number of amides is 1. The molecule has 0 spiro atoms. The first kappa shape index (κ1) is 12.9. The maximum Gasteiger partial charge on any atom is 0.254 e. The van der Waals surface area contributed by atoms with Crippen molar-refractivity contribution in [3.8, 4) is 5.75 Å². The van der Waals surface area contributed by atoms with Gasteiger partial charge in [-0.05, 0) is 37.6 Å². The number of nitrogens with one attached hydrogen (secondary N) is 1. The number of nitrogens with zero attached hydrogens (tertiary/aromatic N) is 1. The van der Waals surface area contributed by atoms with Gasteiger partial charge in [0.25, 0.3) is 5.91 Å². The molecule has 0 saturated carbocycles. The largest absolute Gasteiger partial charge is 0.492 e. The maximum atomic E-state index is 12.2. The first-order valence-corrected chi connectivity index (χ1v) is 6.38. The fraction of sp³-hybridized carbons (Fsp3) is 0.500. The van der Waals surface area contributed by atoms with Crippen LogP contribution in [-0.4, -0.2) is 44.6 Å². The molecule has 0 aliphatic carbocycles. The van der Waals surface area contributed by atoms with Crippen LogP contribution >= 0.6 is 0 Å². The van der Waals surface area contributed by atoms with Crippen LogP contribution in [0, 0.1) is 0 Å². The molecule has 1 aromatic rings. The summed E-state index contributed by atoms with van der Waals surface area (Å²) >= 11 is 0. The van der Waals surface area contributed by atoms with Crippen LogP contribution in [0.15, 0.2) is 18.2 Å². The van der Waals surface area contributed by atoms with E-state index in [0.717, 1.165) is 42.8 Å². The Hall–Kier alpha value is -1.55. The van der Waals surface area contributed by atoms with E-state index in [9.17, 15) is 4.79 Å². The van der Waals surface area contributed by atoms with E-state index in [1.54, 1.807) is 4.90 Å². The van der Waals surface area contributed by atoms with Gasteiger partial charge in [-0.15, -0.1) is 0 Å². The molecule has 1 aliphatic heterocycles. The zero-order chi connectivity index (χ0) is 13.0. The predicted octanol–water partition coefficient (Wildman–Crippen LogP) is 1.30.